The zero-order valence-corrected chi connectivity index (χ0v) is 14.4. The number of hydrogen-bond acceptors (Lipinski definition) is 3. The zero-order valence-electron chi connectivity index (χ0n) is 13.6. The Morgan fingerprint density at radius 3 is 2.87 bits per heavy atom. The van der Waals surface area contributed by atoms with E-state index in [1.807, 2.05) is 0 Å². The first-order chi connectivity index (χ1) is 10.8. The van der Waals surface area contributed by atoms with Crippen LogP contribution in [-0.2, 0) is 16.0 Å². The number of carbonyl (C=O) groups is 1. The van der Waals surface area contributed by atoms with Crippen molar-refractivity contribution in [2.45, 2.75) is 38.1 Å². The van der Waals surface area contributed by atoms with Gasteiger partial charge in [-0.25, -0.2) is 0 Å². The lowest BCUT2D eigenvalue weighted by Crippen LogP contribution is -2.38. The van der Waals surface area contributed by atoms with Crippen LogP contribution in [0, 0.1) is 5.92 Å². The van der Waals surface area contributed by atoms with E-state index in [9.17, 15) is 4.79 Å². The number of fused-ring (bicyclic) bond motifs is 1. The Morgan fingerprint density at radius 2 is 2.04 bits per heavy atom. The van der Waals surface area contributed by atoms with Gasteiger partial charge in [0.15, 0.2) is 0 Å². The summed E-state index contributed by atoms with van der Waals surface area (Å²) in [7, 11) is 0. The molecule has 1 fully saturated rings. The molecule has 0 aromatic heterocycles. The van der Waals surface area contributed by atoms with Gasteiger partial charge in [0.2, 0.25) is 5.91 Å². The molecule has 5 heteroatoms. The largest absolute Gasteiger partial charge is 0.381 e. The van der Waals surface area contributed by atoms with Gasteiger partial charge in [-0.05, 0) is 49.3 Å². The summed E-state index contributed by atoms with van der Waals surface area (Å²) in [5.41, 5.74) is 2.74. The third kappa shape index (κ3) is 5.20. The summed E-state index contributed by atoms with van der Waals surface area (Å²) in [4.78, 5) is 12.1. The summed E-state index contributed by atoms with van der Waals surface area (Å²) in [6.45, 7) is 3.38. The second-order valence-corrected chi connectivity index (χ2v) is 6.35. The van der Waals surface area contributed by atoms with Gasteiger partial charge in [0.05, 0.1) is 0 Å². The van der Waals surface area contributed by atoms with Gasteiger partial charge in [-0.1, -0.05) is 24.3 Å². The van der Waals surface area contributed by atoms with E-state index in [1.54, 1.807) is 0 Å². The maximum absolute atomic E-state index is 12.1. The Labute approximate surface area is 144 Å². The molecule has 1 aromatic rings. The van der Waals surface area contributed by atoms with E-state index in [4.69, 9.17) is 4.74 Å². The predicted octanol–water partition coefficient (Wildman–Crippen LogP) is 2.62. The Kier molecular flexibility index (Phi) is 7.34. The molecule has 2 aliphatic rings. The second-order valence-electron chi connectivity index (χ2n) is 6.35. The van der Waals surface area contributed by atoms with E-state index in [-0.39, 0.29) is 24.4 Å². The molecular weight excluding hydrogens is 312 g/mol. The highest BCUT2D eigenvalue weighted by Crippen LogP contribution is 2.22. The normalized spacial score (nSPS) is 21.1. The zero-order chi connectivity index (χ0) is 15.2. The number of nitrogens with one attached hydrogen (secondary N) is 2. The van der Waals surface area contributed by atoms with Gasteiger partial charge in [-0.3, -0.25) is 4.79 Å². The molecule has 0 radical (unpaired) electrons. The summed E-state index contributed by atoms with van der Waals surface area (Å²) in [5.74, 6) is 0.837. The van der Waals surface area contributed by atoms with Crippen molar-refractivity contribution >= 4 is 18.3 Å². The summed E-state index contributed by atoms with van der Waals surface area (Å²) in [6, 6.07) is 8.77. The van der Waals surface area contributed by atoms with Gasteiger partial charge in [-0.15, -0.1) is 12.4 Å². The van der Waals surface area contributed by atoms with Crippen LogP contribution in [0.3, 0.4) is 0 Å². The van der Waals surface area contributed by atoms with Crippen molar-refractivity contribution < 1.29 is 9.53 Å². The minimum atomic E-state index is 0. The SMILES string of the molecule is Cl.O=C(CCC1CCOCC1)NCC1NCCc2ccccc21. The lowest BCUT2D eigenvalue weighted by Gasteiger charge is -2.27. The van der Waals surface area contributed by atoms with Crippen LogP contribution in [0.15, 0.2) is 24.3 Å². The average Bonchev–Trinajstić information content (AvgIpc) is 2.59. The topological polar surface area (TPSA) is 50.4 Å². The average molecular weight is 339 g/mol. The minimum absolute atomic E-state index is 0. The molecule has 1 atom stereocenters. The third-order valence-electron chi connectivity index (χ3n) is 4.84. The molecule has 128 valence electrons. The van der Waals surface area contributed by atoms with Gasteiger partial charge in [0, 0.05) is 32.2 Å². The van der Waals surface area contributed by atoms with Crippen molar-refractivity contribution in [3.8, 4) is 0 Å². The van der Waals surface area contributed by atoms with Crippen LogP contribution >= 0.6 is 12.4 Å². The maximum atomic E-state index is 12.1. The van der Waals surface area contributed by atoms with Crippen molar-refractivity contribution in [2.24, 2.45) is 5.92 Å². The Morgan fingerprint density at radius 1 is 1.26 bits per heavy atom. The van der Waals surface area contributed by atoms with Crippen molar-refractivity contribution in [2.75, 3.05) is 26.3 Å². The fraction of sp³-hybridized carbons (Fsp3) is 0.611. The standard InChI is InChI=1S/C18H26N2O2.ClH/c21-18(6-5-14-8-11-22-12-9-14)20-13-17-16-4-2-1-3-15(16)7-10-19-17;/h1-4,14,17,19H,5-13H2,(H,20,21);1H. The van der Waals surface area contributed by atoms with Crippen LogP contribution in [0.4, 0.5) is 0 Å². The van der Waals surface area contributed by atoms with Crippen LogP contribution in [0.2, 0.25) is 0 Å². The number of benzene rings is 1. The molecule has 3 rings (SSSR count). The van der Waals surface area contributed by atoms with Crippen molar-refractivity contribution in [3.63, 3.8) is 0 Å². The van der Waals surface area contributed by atoms with Gasteiger partial charge >= 0.3 is 0 Å². The maximum Gasteiger partial charge on any atom is 0.220 e. The quantitative estimate of drug-likeness (QED) is 0.867. The van der Waals surface area contributed by atoms with Crippen molar-refractivity contribution in [1.29, 1.82) is 0 Å². The lowest BCUT2D eigenvalue weighted by molar-refractivity contribution is -0.121. The van der Waals surface area contributed by atoms with Crippen LogP contribution in [0.5, 0.6) is 0 Å². The monoisotopic (exact) mass is 338 g/mol. The van der Waals surface area contributed by atoms with Crippen LogP contribution in [0.1, 0.15) is 42.9 Å². The Balaban J connectivity index is 0.00000192. The summed E-state index contributed by atoms with van der Waals surface area (Å²) in [5, 5.41) is 6.61. The molecule has 2 heterocycles. The Hall–Kier alpha value is -1.10. The van der Waals surface area contributed by atoms with E-state index in [0.29, 0.717) is 18.9 Å². The molecule has 2 aliphatic heterocycles. The fourth-order valence-electron chi connectivity index (χ4n) is 3.45. The molecule has 1 aromatic carbocycles. The summed E-state index contributed by atoms with van der Waals surface area (Å²) < 4.78 is 5.36. The second kappa shape index (κ2) is 9.26. The van der Waals surface area contributed by atoms with Gasteiger partial charge in [0.1, 0.15) is 0 Å². The predicted molar refractivity (Wildman–Crippen MR) is 93.9 cm³/mol. The highest BCUT2D eigenvalue weighted by Gasteiger charge is 2.20. The lowest BCUT2D eigenvalue weighted by atomic mass is 9.94. The molecular formula is C18H27ClN2O2. The highest BCUT2D eigenvalue weighted by atomic mass is 35.5. The van der Waals surface area contributed by atoms with Gasteiger partial charge in [0.25, 0.3) is 0 Å². The first-order valence-corrected chi connectivity index (χ1v) is 8.48. The highest BCUT2D eigenvalue weighted by molar-refractivity contribution is 5.85. The van der Waals surface area contributed by atoms with E-state index in [1.165, 1.54) is 11.1 Å². The number of amides is 1. The first-order valence-electron chi connectivity index (χ1n) is 8.48. The smallest absolute Gasteiger partial charge is 0.220 e. The van der Waals surface area contributed by atoms with Crippen molar-refractivity contribution in [1.82, 2.24) is 10.6 Å². The molecule has 0 aliphatic carbocycles. The number of hydrogen-bond donors (Lipinski definition) is 2. The van der Waals surface area contributed by atoms with Crippen LogP contribution in [-0.4, -0.2) is 32.2 Å². The number of rotatable bonds is 5. The van der Waals surface area contributed by atoms with E-state index in [0.717, 1.165) is 45.4 Å². The summed E-state index contributed by atoms with van der Waals surface area (Å²) in [6.07, 6.45) is 4.91. The number of carbonyl (C=O) groups excluding carboxylic acids is 1. The first kappa shape index (κ1) is 18.2. The Bertz CT molecular complexity index is 504. The molecule has 1 amide bonds. The van der Waals surface area contributed by atoms with E-state index in [2.05, 4.69) is 34.9 Å². The number of halogens is 1. The number of ether oxygens (including phenoxy) is 1. The molecule has 1 saturated heterocycles. The van der Waals surface area contributed by atoms with Crippen molar-refractivity contribution in [3.05, 3.63) is 35.4 Å². The minimum Gasteiger partial charge on any atom is -0.381 e. The fourth-order valence-corrected chi connectivity index (χ4v) is 3.45. The molecule has 4 nitrogen and oxygen atoms in total. The molecule has 23 heavy (non-hydrogen) atoms. The molecule has 2 N–H and O–H groups in total. The van der Waals surface area contributed by atoms with Gasteiger partial charge in [-0.2, -0.15) is 0 Å². The third-order valence-corrected chi connectivity index (χ3v) is 4.84. The van der Waals surface area contributed by atoms with Crippen LogP contribution < -0.4 is 10.6 Å². The molecule has 0 bridgehead atoms. The summed E-state index contributed by atoms with van der Waals surface area (Å²) >= 11 is 0. The van der Waals surface area contributed by atoms with Gasteiger partial charge < -0.3 is 15.4 Å². The van der Waals surface area contributed by atoms with E-state index >= 15 is 0 Å². The molecule has 0 spiro atoms. The molecule has 0 saturated carbocycles. The van der Waals surface area contributed by atoms with E-state index < -0.39 is 0 Å². The van der Waals surface area contributed by atoms with Crippen LogP contribution in [0.25, 0.3) is 0 Å². The molecule has 1 unspecified atom stereocenters.